The number of halogens is 2. The lowest BCUT2D eigenvalue weighted by molar-refractivity contribution is -0.0245. The van der Waals surface area contributed by atoms with Gasteiger partial charge in [0.2, 0.25) is 0 Å². The molecule has 0 heterocycles. The first-order chi connectivity index (χ1) is 8.63. The Kier molecular flexibility index (Phi) is 6.83. The number of benzene rings is 1. The normalized spacial score (nSPS) is 12.9. The van der Waals surface area contributed by atoms with Gasteiger partial charge in [0, 0.05) is 6.54 Å². The van der Waals surface area contributed by atoms with Crippen molar-refractivity contribution in [3.8, 4) is 0 Å². The molecule has 1 rings (SSSR count). The van der Waals surface area contributed by atoms with Crippen molar-refractivity contribution in [2.75, 3.05) is 19.7 Å². The molecule has 1 aromatic carbocycles. The van der Waals surface area contributed by atoms with Crippen LogP contribution < -0.4 is 5.32 Å². The molecule has 0 amide bonds. The average molecular weight is 257 g/mol. The van der Waals surface area contributed by atoms with Crippen molar-refractivity contribution in [3.05, 3.63) is 35.4 Å². The molecule has 0 aliphatic rings. The van der Waals surface area contributed by atoms with Crippen molar-refractivity contribution in [1.29, 1.82) is 0 Å². The van der Waals surface area contributed by atoms with Crippen LogP contribution in [0.4, 0.5) is 8.78 Å². The summed E-state index contributed by atoms with van der Waals surface area (Å²) in [6.07, 6.45) is -1.73. The highest BCUT2D eigenvalue weighted by Crippen LogP contribution is 2.18. The van der Waals surface area contributed by atoms with Gasteiger partial charge in [0.15, 0.2) is 0 Å². The molecule has 4 heteroatoms. The molecule has 0 saturated carbocycles. The molecule has 1 aromatic rings. The van der Waals surface area contributed by atoms with Crippen molar-refractivity contribution in [1.82, 2.24) is 5.32 Å². The predicted octanol–water partition coefficient (Wildman–Crippen LogP) is 3.32. The summed E-state index contributed by atoms with van der Waals surface area (Å²) >= 11 is 0. The SMILES string of the molecule is CCCNCC(OCC(F)F)c1cccc(C)c1. The van der Waals surface area contributed by atoms with E-state index in [9.17, 15) is 8.78 Å². The van der Waals surface area contributed by atoms with E-state index in [1.54, 1.807) is 0 Å². The highest BCUT2D eigenvalue weighted by Gasteiger charge is 2.14. The second-order valence-electron chi connectivity index (χ2n) is 4.33. The third kappa shape index (κ3) is 5.56. The molecule has 0 bridgehead atoms. The Morgan fingerprint density at radius 3 is 2.72 bits per heavy atom. The zero-order chi connectivity index (χ0) is 13.4. The molecule has 102 valence electrons. The topological polar surface area (TPSA) is 21.3 Å². The molecule has 0 aliphatic carbocycles. The molecule has 0 aromatic heterocycles. The van der Waals surface area contributed by atoms with Gasteiger partial charge in [0.05, 0.1) is 6.10 Å². The minimum absolute atomic E-state index is 0.314. The largest absolute Gasteiger partial charge is 0.366 e. The van der Waals surface area contributed by atoms with E-state index >= 15 is 0 Å². The van der Waals surface area contributed by atoms with E-state index in [2.05, 4.69) is 12.2 Å². The fraction of sp³-hybridized carbons (Fsp3) is 0.571. The smallest absolute Gasteiger partial charge is 0.261 e. The van der Waals surface area contributed by atoms with E-state index in [1.165, 1.54) is 0 Å². The van der Waals surface area contributed by atoms with Gasteiger partial charge in [-0.25, -0.2) is 8.78 Å². The van der Waals surface area contributed by atoms with E-state index in [0.29, 0.717) is 6.54 Å². The number of rotatable bonds is 8. The van der Waals surface area contributed by atoms with Crippen LogP contribution in [-0.2, 0) is 4.74 Å². The third-order valence-corrected chi connectivity index (χ3v) is 2.59. The predicted molar refractivity (Wildman–Crippen MR) is 69.0 cm³/mol. The van der Waals surface area contributed by atoms with Crippen LogP contribution in [0.5, 0.6) is 0 Å². The van der Waals surface area contributed by atoms with Crippen molar-refractivity contribution in [3.63, 3.8) is 0 Å². The number of hydrogen-bond donors (Lipinski definition) is 1. The first-order valence-electron chi connectivity index (χ1n) is 6.30. The molecule has 0 spiro atoms. The molecule has 0 aliphatic heterocycles. The maximum absolute atomic E-state index is 12.2. The van der Waals surface area contributed by atoms with Crippen LogP contribution in [0.1, 0.15) is 30.6 Å². The molecular weight excluding hydrogens is 236 g/mol. The summed E-state index contributed by atoms with van der Waals surface area (Å²) in [4.78, 5) is 0. The van der Waals surface area contributed by atoms with Crippen LogP contribution in [0.2, 0.25) is 0 Å². The summed E-state index contributed by atoms with van der Waals surface area (Å²) in [5, 5.41) is 3.21. The van der Waals surface area contributed by atoms with Crippen LogP contribution in [0.25, 0.3) is 0 Å². The molecule has 0 saturated heterocycles. The molecule has 0 radical (unpaired) electrons. The van der Waals surface area contributed by atoms with Gasteiger partial charge >= 0.3 is 0 Å². The van der Waals surface area contributed by atoms with Crippen LogP contribution in [0.15, 0.2) is 24.3 Å². The molecule has 1 atom stereocenters. The summed E-state index contributed by atoms with van der Waals surface area (Å²) in [5.74, 6) is 0. The average Bonchev–Trinajstić information content (AvgIpc) is 2.33. The van der Waals surface area contributed by atoms with Gasteiger partial charge in [-0.15, -0.1) is 0 Å². The van der Waals surface area contributed by atoms with Gasteiger partial charge in [0.1, 0.15) is 6.61 Å². The number of ether oxygens (including phenoxy) is 1. The summed E-state index contributed by atoms with van der Waals surface area (Å²) in [6, 6.07) is 7.79. The van der Waals surface area contributed by atoms with Crippen LogP contribution in [0, 0.1) is 6.92 Å². The van der Waals surface area contributed by atoms with Gasteiger partial charge in [-0.2, -0.15) is 0 Å². The highest BCUT2D eigenvalue weighted by atomic mass is 19.3. The maximum Gasteiger partial charge on any atom is 0.261 e. The second-order valence-corrected chi connectivity index (χ2v) is 4.33. The Bertz CT molecular complexity index is 344. The second kappa shape index (κ2) is 8.16. The molecular formula is C14H21F2NO. The number of nitrogens with one attached hydrogen (secondary N) is 1. The first-order valence-corrected chi connectivity index (χ1v) is 6.30. The van der Waals surface area contributed by atoms with Gasteiger partial charge in [-0.1, -0.05) is 36.8 Å². The monoisotopic (exact) mass is 257 g/mol. The lowest BCUT2D eigenvalue weighted by Crippen LogP contribution is -2.25. The lowest BCUT2D eigenvalue weighted by atomic mass is 10.1. The van der Waals surface area contributed by atoms with E-state index in [0.717, 1.165) is 24.1 Å². The van der Waals surface area contributed by atoms with Crippen molar-refractivity contribution < 1.29 is 13.5 Å². The standard InChI is InChI=1S/C14H21F2NO/c1-3-7-17-9-13(18-10-14(15)16)12-6-4-5-11(2)8-12/h4-6,8,13-14,17H,3,7,9-10H2,1-2H3. The number of hydrogen-bond acceptors (Lipinski definition) is 2. The summed E-state index contributed by atoms with van der Waals surface area (Å²) in [7, 11) is 0. The zero-order valence-corrected chi connectivity index (χ0v) is 11.0. The first kappa shape index (κ1) is 15.1. The molecule has 1 N–H and O–H groups in total. The Hall–Kier alpha value is -1.00. The van der Waals surface area contributed by atoms with E-state index in [-0.39, 0.29) is 6.10 Å². The molecule has 2 nitrogen and oxygen atoms in total. The lowest BCUT2D eigenvalue weighted by Gasteiger charge is -2.19. The fourth-order valence-corrected chi connectivity index (χ4v) is 1.74. The Morgan fingerprint density at radius 2 is 2.11 bits per heavy atom. The molecule has 1 unspecified atom stereocenters. The van der Waals surface area contributed by atoms with Crippen molar-refractivity contribution >= 4 is 0 Å². The minimum atomic E-state index is -2.43. The zero-order valence-electron chi connectivity index (χ0n) is 11.0. The Labute approximate surface area is 107 Å². The Balaban J connectivity index is 2.63. The summed E-state index contributed by atoms with van der Waals surface area (Å²) < 4.78 is 29.7. The Morgan fingerprint density at radius 1 is 1.33 bits per heavy atom. The van der Waals surface area contributed by atoms with Crippen LogP contribution in [0.3, 0.4) is 0 Å². The molecule has 18 heavy (non-hydrogen) atoms. The van der Waals surface area contributed by atoms with Gasteiger partial charge in [0.25, 0.3) is 6.43 Å². The van der Waals surface area contributed by atoms with E-state index in [1.807, 2.05) is 31.2 Å². The van der Waals surface area contributed by atoms with Gasteiger partial charge < -0.3 is 10.1 Å². The summed E-state index contributed by atoms with van der Waals surface area (Å²) in [5.41, 5.74) is 2.05. The highest BCUT2D eigenvalue weighted by molar-refractivity contribution is 5.24. The van der Waals surface area contributed by atoms with Crippen molar-refractivity contribution in [2.45, 2.75) is 32.8 Å². The van der Waals surface area contributed by atoms with E-state index in [4.69, 9.17) is 4.74 Å². The fourth-order valence-electron chi connectivity index (χ4n) is 1.74. The van der Waals surface area contributed by atoms with Gasteiger partial charge in [-0.05, 0) is 25.5 Å². The third-order valence-electron chi connectivity index (χ3n) is 2.59. The van der Waals surface area contributed by atoms with Crippen LogP contribution in [-0.4, -0.2) is 26.1 Å². The summed E-state index contributed by atoms with van der Waals surface area (Å²) in [6.45, 7) is 4.94. The minimum Gasteiger partial charge on any atom is -0.366 e. The quantitative estimate of drug-likeness (QED) is 0.721. The maximum atomic E-state index is 12.2. The molecule has 0 fully saturated rings. The number of aryl methyl sites for hydroxylation is 1. The van der Waals surface area contributed by atoms with Gasteiger partial charge in [-0.3, -0.25) is 0 Å². The van der Waals surface area contributed by atoms with Crippen molar-refractivity contribution in [2.24, 2.45) is 0 Å². The van der Waals surface area contributed by atoms with Crippen LogP contribution >= 0.6 is 0 Å². The number of alkyl halides is 2. The van der Waals surface area contributed by atoms with E-state index < -0.39 is 13.0 Å².